The van der Waals surface area contributed by atoms with Crippen molar-refractivity contribution in [2.45, 2.75) is 11.4 Å². The topological polar surface area (TPSA) is 73.0 Å². The Hall–Kier alpha value is -3.20. The third-order valence-electron chi connectivity index (χ3n) is 6.32. The summed E-state index contributed by atoms with van der Waals surface area (Å²) in [6.45, 7) is 5.98. The lowest BCUT2D eigenvalue weighted by atomic mass is 10.2. The summed E-state index contributed by atoms with van der Waals surface area (Å²) < 4.78 is 27.8. The molecule has 1 fully saturated rings. The quantitative estimate of drug-likeness (QED) is 0.497. The van der Waals surface area contributed by atoms with Crippen molar-refractivity contribution in [2.75, 3.05) is 50.6 Å². The second-order valence-electron chi connectivity index (χ2n) is 8.66. The molecule has 0 radical (unpaired) electrons. The second-order valence-corrected chi connectivity index (χ2v) is 10.6. The summed E-state index contributed by atoms with van der Waals surface area (Å²) in [5.74, 6) is -0.381. The highest BCUT2D eigenvalue weighted by molar-refractivity contribution is 7.92. The SMILES string of the molecule is CN(c1ccccc1)S(=O)(=O)c1ccccc1C(=O)NCCN1CCN(Cc2ccccc2)CC1. The molecule has 1 heterocycles. The number of amides is 1. The Kier molecular flexibility index (Phi) is 8.17. The maximum Gasteiger partial charge on any atom is 0.264 e. The lowest BCUT2D eigenvalue weighted by Crippen LogP contribution is -2.48. The maximum atomic E-state index is 13.3. The molecule has 4 rings (SSSR count). The van der Waals surface area contributed by atoms with Gasteiger partial charge in [0.25, 0.3) is 15.9 Å². The number of sulfonamides is 1. The number of benzene rings is 3. The van der Waals surface area contributed by atoms with E-state index in [0.29, 0.717) is 12.2 Å². The summed E-state index contributed by atoms with van der Waals surface area (Å²) in [5, 5.41) is 2.91. The number of hydrogen-bond donors (Lipinski definition) is 1. The number of anilines is 1. The van der Waals surface area contributed by atoms with Crippen LogP contribution in [0.3, 0.4) is 0 Å². The fourth-order valence-electron chi connectivity index (χ4n) is 4.24. The van der Waals surface area contributed by atoms with Gasteiger partial charge in [0.2, 0.25) is 0 Å². The number of piperazine rings is 1. The monoisotopic (exact) mass is 492 g/mol. The summed E-state index contributed by atoms with van der Waals surface area (Å²) in [4.78, 5) is 17.7. The van der Waals surface area contributed by atoms with Gasteiger partial charge in [-0.2, -0.15) is 0 Å². The van der Waals surface area contributed by atoms with Crippen molar-refractivity contribution in [2.24, 2.45) is 0 Å². The van der Waals surface area contributed by atoms with Crippen LogP contribution in [0.15, 0.2) is 89.8 Å². The molecule has 0 saturated carbocycles. The number of hydrogen-bond acceptors (Lipinski definition) is 5. The number of nitrogens with zero attached hydrogens (tertiary/aromatic N) is 3. The number of carbonyl (C=O) groups is 1. The normalized spacial score (nSPS) is 15.0. The molecule has 1 aliphatic rings. The second kappa shape index (κ2) is 11.5. The Bertz CT molecular complexity index is 1210. The number of para-hydroxylation sites is 1. The zero-order chi connectivity index (χ0) is 24.7. The highest BCUT2D eigenvalue weighted by Crippen LogP contribution is 2.24. The van der Waals surface area contributed by atoms with Crippen molar-refractivity contribution in [1.82, 2.24) is 15.1 Å². The molecular formula is C27H32N4O3S. The molecule has 35 heavy (non-hydrogen) atoms. The van der Waals surface area contributed by atoms with Crippen LogP contribution in [0.1, 0.15) is 15.9 Å². The first-order valence-corrected chi connectivity index (χ1v) is 13.3. The standard InChI is InChI=1S/C27H32N4O3S/c1-29(24-12-6-3-7-13-24)35(33,34)26-15-9-8-14-25(26)27(32)28-16-17-30-18-20-31(21-19-30)22-23-10-4-2-5-11-23/h2-15H,16-22H2,1H3,(H,28,32). The van der Waals surface area contributed by atoms with E-state index in [0.717, 1.165) is 39.3 Å². The zero-order valence-corrected chi connectivity index (χ0v) is 20.8. The van der Waals surface area contributed by atoms with Crippen molar-refractivity contribution in [3.63, 3.8) is 0 Å². The van der Waals surface area contributed by atoms with Gasteiger partial charge in [-0.15, -0.1) is 0 Å². The summed E-state index contributed by atoms with van der Waals surface area (Å²) in [6.07, 6.45) is 0. The van der Waals surface area contributed by atoms with Crippen LogP contribution in [0.4, 0.5) is 5.69 Å². The third-order valence-corrected chi connectivity index (χ3v) is 8.16. The molecule has 0 aliphatic carbocycles. The molecule has 1 N–H and O–H groups in total. The molecule has 1 amide bonds. The van der Waals surface area contributed by atoms with Gasteiger partial charge in [0, 0.05) is 52.9 Å². The molecule has 0 spiro atoms. The minimum absolute atomic E-state index is 0.00150. The van der Waals surface area contributed by atoms with Gasteiger partial charge >= 0.3 is 0 Å². The van der Waals surface area contributed by atoms with Crippen LogP contribution in [0.5, 0.6) is 0 Å². The molecule has 184 valence electrons. The van der Waals surface area contributed by atoms with Gasteiger partial charge in [-0.1, -0.05) is 60.7 Å². The predicted octanol–water partition coefficient (Wildman–Crippen LogP) is 3.06. The average Bonchev–Trinajstić information content (AvgIpc) is 2.90. The molecule has 0 aromatic heterocycles. The summed E-state index contributed by atoms with van der Waals surface area (Å²) in [6, 6.07) is 25.7. The van der Waals surface area contributed by atoms with E-state index < -0.39 is 10.0 Å². The summed E-state index contributed by atoms with van der Waals surface area (Å²) in [5.41, 5.74) is 2.01. The van der Waals surface area contributed by atoms with Gasteiger partial charge in [0.05, 0.1) is 11.3 Å². The Labute approximate surface area is 208 Å². The largest absolute Gasteiger partial charge is 0.351 e. The van der Waals surface area contributed by atoms with E-state index in [1.807, 2.05) is 12.1 Å². The van der Waals surface area contributed by atoms with Crippen molar-refractivity contribution in [3.05, 3.63) is 96.1 Å². The third kappa shape index (κ3) is 6.28. The van der Waals surface area contributed by atoms with E-state index in [2.05, 4.69) is 39.4 Å². The molecule has 0 atom stereocenters. The van der Waals surface area contributed by atoms with Crippen molar-refractivity contribution < 1.29 is 13.2 Å². The molecule has 0 unspecified atom stereocenters. The van der Waals surface area contributed by atoms with E-state index in [-0.39, 0.29) is 16.4 Å². The van der Waals surface area contributed by atoms with E-state index in [1.54, 1.807) is 42.5 Å². The first-order chi connectivity index (χ1) is 16.9. The highest BCUT2D eigenvalue weighted by Gasteiger charge is 2.27. The molecule has 1 saturated heterocycles. The first-order valence-electron chi connectivity index (χ1n) is 11.8. The Morgan fingerprint density at radius 2 is 1.40 bits per heavy atom. The van der Waals surface area contributed by atoms with E-state index in [4.69, 9.17) is 0 Å². The maximum absolute atomic E-state index is 13.3. The van der Waals surface area contributed by atoms with Gasteiger partial charge in [0.15, 0.2) is 0 Å². The zero-order valence-electron chi connectivity index (χ0n) is 20.0. The Morgan fingerprint density at radius 1 is 0.829 bits per heavy atom. The van der Waals surface area contributed by atoms with Crippen LogP contribution >= 0.6 is 0 Å². The number of nitrogens with one attached hydrogen (secondary N) is 1. The summed E-state index contributed by atoms with van der Waals surface area (Å²) >= 11 is 0. The van der Waals surface area contributed by atoms with Gasteiger partial charge in [-0.3, -0.25) is 18.9 Å². The van der Waals surface area contributed by atoms with Gasteiger partial charge in [-0.25, -0.2) is 8.42 Å². The highest BCUT2D eigenvalue weighted by atomic mass is 32.2. The predicted molar refractivity (Wildman–Crippen MR) is 139 cm³/mol. The number of rotatable bonds is 9. The smallest absolute Gasteiger partial charge is 0.264 e. The number of carbonyl (C=O) groups excluding carboxylic acids is 1. The fourth-order valence-corrected chi connectivity index (χ4v) is 5.62. The molecule has 3 aromatic carbocycles. The van der Waals surface area contributed by atoms with Crippen molar-refractivity contribution in [3.8, 4) is 0 Å². The Morgan fingerprint density at radius 3 is 2.09 bits per heavy atom. The van der Waals surface area contributed by atoms with E-state index in [1.165, 1.54) is 23.0 Å². The minimum Gasteiger partial charge on any atom is -0.351 e. The van der Waals surface area contributed by atoms with Crippen LogP contribution in [0, 0.1) is 0 Å². The van der Waals surface area contributed by atoms with Crippen LogP contribution in [-0.2, 0) is 16.6 Å². The van der Waals surface area contributed by atoms with Gasteiger partial charge < -0.3 is 5.32 Å². The lowest BCUT2D eigenvalue weighted by molar-refractivity contribution is 0.0931. The molecule has 1 aliphatic heterocycles. The van der Waals surface area contributed by atoms with Crippen LogP contribution < -0.4 is 9.62 Å². The van der Waals surface area contributed by atoms with Crippen molar-refractivity contribution in [1.29, 1.82) is 0 Å². The molecule has 7 nitrogen and oxygen atoms in total. The lowest BCUT2D eigenvalue weighted by Gasteiger charge is -2.34. The fraction of sp³-hybridized carbons (Fsp3) is 0.296. The molecule has 3 aromatic rings. The first kappa shape index (κ1) is 24.9. The van der Waals surface area contributed by atoms with Crippen LogP contribution in [-0.4, -0.2) is 70.4 Å². The Balaban J connectivity index is 1.31. The van der Waals surface area contributed by atoms with Crippen LogP contribution in [0.2, 0.25) is 0 Å². The van der Waals surface area contributed by atoms with Crippen molar-refractivity contribution >= 4 is 21.6 Å². The van der Waals surface area contributed by atoms with Gasteiger partial charge in [0.1, 0.15) is 4.90 Å². The summed E-state index contributed by atoms with van der Waals surface area (Å²) in [7, 11) is -2.39. The average molecular weight is 493 g/mol. The molecule has 0 bridgehead atoms. The minimum atomic E-state index is -3.89. The van der Waals surface area contributed by atoms with Crippen LogP contribution in [0.25, 0.3) is 0 Å². The van der Waals surface area contributed by atoms with E-state index >= 15 is 0 Å². The molecular weight excluding hydrogens is 460 g/mol. The van der Waals surface area contributed by atoms with E-state index in [9.17, 15) is 13.2 Å². The molecule has 8 heteroatoms. The van der Waals surface area contributed by atoms with Gasteiger partial charge in [-0.05, 0) is 29.8 Å².